The number of nitrogens with one attached hydrogen (secondary N) is 2. The second kappa shape index (κ2) is 2.21. The molecule has 1 aliphatic heterocycles. The van der Waals surface area contributed by atoms with E-state index in [1.807, 2.05) is 0 Å². The lowest BCUT2D eigenvalue weighted by Crippen LogP contribution is -2.55. The zero-order valence-electron chi connectivity index (χ0n) is 6.61. The van der Waals surface area contributed by atoms with Crippen LogP contribution >= 0.6 is 0 Å². The first-order valence-corrected chi connectivity index (χ1v) is 4.33. The Morgan fingerprint density at radius 2 is 2.30 bits per heavy atom. The number of hydrogen-bond donors (Lipinski definition) is 2. The zero-order valence-corrected chi connectivity index (χ0v) is 6.61. The van der Waals surface area contributed by atoms with Gasteiger partial charge >= 0.3 is 0 Å². The highest BCUT2D eigenvalue weighted by atomic mass is 15.2. The van der Waals surface area contributed by atoms with Crippen LogP contribution in [0.25, 0.3) is 0 Å². The van der Waals surface area contributed by atoms with Crippen LogP contribution in [0.15, 0.2) is 0 Å². The van der Waals surface area contributed by atoms with Crippen LogP contribution in [0.1, 0.15) is 26.2 Å². The Hall–Kier alpha value is -0.0800. The highest BCUT2D eigenvalue weighted by molar-refractivity contribution is 5.07. The van der Waals surface area contributed by atoms with Crippen LogP contribution < -0.4 is 10.6 Å². The highest BCUT2D eigenvalue weighted by Gasteiger charge is 2.44. The number of hydrogen-bond acceptors (Lipinski definition) is 2. The monoisotopic (exact) mass is 140 g/mol. The van der Waals surface area contributed by atoms with Crippen molar-refractivity contribution in [3.8, 4) is 0 Å². The molecule has 2 N–H and O–H groups in total. The standard InChI is InChI=1S/C8H16N2/c1-2-7-5-10-8(3-4-8)6-9-7/h7,9-10H,2-6H2,1H3/t7-/m0/s1. The lowest BCUT2D eigenvalue weighted by atomic mass is 10.1. The maximum Gasteiger partial charge on any atom is 0.0308 e. The van der Waals surface area contributed by atoms with E-state index in [0.29, 0.717) is 5.54 Å². The minimum absolute atomic E-state index is 0.547. The molecule has 0 amide bonds. The minimum atomic E-state index is 0.547. The van der Waals surface area contributed by atoms with Crippen molar-refractivity contribution in [1.82, 2.24) is 10.6 Å². The van der Waals surface area contributed by atoms with Crippen molar-refractivity contribution < 1.29 is 0 Å². The summed E-state index contributed by atoms with van der Waals surface area (Å²) in [5.41, 5.74) is 0.547. The molecule has 10 heavy (non-hydrogen) atoms. The molecule has 2 heteroatoms. The van der Waals surface area contributed by atoms with Crippen LogP contribution in [0.4, 0.5) is 0 Å². The Kier molecular flexibility index (Phi) is 1.46. The van der Waals surface area contributed by atoms with Crippen LogP contribution in [-0.4, -0.2) is 24.7 Å². The highest BCUT2D eigenvalue weighted by Crippen LogP contribution is 2.35. The Balaban J connectivity index is 1.84. The molecule has 0 radical (unpaired) electrons. The molecule has 0 aromatic rings. The van der Waals surface area contributed by atoms with Crippen LogP contribution in [0.5, 0.6) is 0 Å². The Morgan fingerprint density at radius 3 is 2.70 bits per heavy atom. The van der Waals surface area contributed by atoms with Gasteiger partial charge in [-0.1, -0.05) is 6.92 Å². The van der Waals surface area contributed by atoms with E-state index in [2.05, 4.69) is 17.6 Å². The zero-order chi connectivity index (χ0) is 7.03. The summed E-state index contributed by atoms with van der Waals surface area (Å²) in [6, 6.07) is 0.728. The van der Waals surface area contributed by atoms with Gasteiger partial charge in [-0.25, -0.2) is 0 Å². The normalized spacial score (nSPS) is 36.3. The minimum Gasteiger partial charge on any atom is -0.311 e. The lowest BCUT2D eigenvalue weighted by Gasteiger charge is -2.30. The van der Waals surface area contributed by atoms with Crippen molar-refractivity contribution in [2.75, 3.05) is 13.1 Å². The van der Waals surface area contributed by atoms with E-state index in [1.54, 1.807) is 0 Å². The van der Waals surface area contributed by atoms with Gasteiger partial charge in [-0.05, 0) is 19.3 Å². The molecule has 2 aliphatic rings. The Morgan fingerprint density at radius 1 is 1.50 bits per heavy atom. The molecular weight excluding hydrogens is 124 g/mol. The molecular formula is C8H16N2. The molecule has 0 bridgehead atoms. The second-order valence-electron chi connectivity index (χ2n) is 3.65. The van der Waals surface area contributed by atoms with Crippen molar-refractivity contribution in [3.05, 3.63) is 0 Å². The average Bonchev–Trinajstić information content (AvgIpc) is 2.72. The van der Waals surface area contributed by atoms with Crippen molar-refractivity contribution in [1.29, 1.82) is 0 Å². The summed E-state index contributed by atoms with van der Waals surface area (Å²) in [6.45, 7) is 4.62. The third kappa shape index (κ3) is 1.06. The Labute approximate surface area is 62.4 Å². The largest absolute Gasteiger partial charge is 0.311 e. The molecule has 2 fully saturated rings. The van der Waals surface area contributed by atoms with Gasteiger partial charge in [0.2, 0.25) is 0 Å². The van der Waals surface area contributed by atoms with Crippen LogP contribution in [-0.2, 0) is 0 Å². The third-order valence-corrected chi connectivity index (χ3v) is 2.80. The predicted molar refractivity (Wildman–Crippen MR) is 42.0 cm³/mol. The smallest absolute Gasteiger partial charge is 0.0308 e. The molecule has 0 aromatic carbocycles. The summed E-state index contributed by atoms with van der Waals surface area (Å²) < 4.78 is 0. The summed E-state index contributed by atoms with van der Waals surface area (Å²) in [5, 5.41) is 7.17. The SMILES string of the molecule is CC[C@H]1CNC2(CC2)CN1. The van der Waals surface area contributed by atoms with Gasteiger partial charge < -0.3 is 10.6 Å². The van der Waals surface area contributed by atoms with Crippen LogP contribution in [0, 0.1) is 0 Å². The van der Waals surface area contributed by atoms with Crippen molar-refractivity contribution in [3.63, 3.8) is 0 Å². The quantitative estimate of drug-likeness (QED) is 0.554. The molecule has 0 aromatic heterocycles. The molecule has 1 heterocycles. The third-order valence-electron chi connectivity index (χ3n) is 2.80. The van der Waals surface area contributed by atoms with Crippen LogP contribution in [0.2, 0.25) is 0 Å². The molecule has 0 unspecified atom stereocenters. The van der Waals surface area contributed by atoms with Gasteiger partial charge in [0.05, 0.1) is 0 Å². The van der Waals surface area contributed by atoms with E-state index in [9.17, 15) is 0 Å². The molecule has 1 aliphatic carbocycles. The Bertz CT molecular complexity index is 119. The maximum atomic E-state index is 3.61. The van der Waals surface area contributed by atoms with E-state index in [4.69, 9.17) is 0 Å². The lowest BCUT2D eigenvalue weighted by molar-refractivity contribution is 0.326. The summed E-state index contributed by atoms with van der Waals surface area (Å²) in [6.07, 6.45) is 4.02. The molecule has 2 rings (SSSR count). The molecule has 1 spiro atoms. The first kappa shape index (κ1) is 6.62. The van der Waals surface area contributed by atoms with Gasteiger partial charge in [-0.15, -0.1) is 0 Å². The fraction of sp³-hybridized carbons (Fsp3) is 1.00. The van der Waals surface area contributed by atoms with Gasteiger partial charge in [0, 0.05) is 24.7 Å². The average molecular weight is 140 g/mol. The van der Waals surface area contributed by atoms with E-state index < -0.39 is 0 Å². The van der Waals surface area contributed by atoms with Gasteiger partial charge in [0.25, 0.3) is 0 Å². The molecule has 1 saturated heterocycles. The van der Waals surface area contributed by atoms with Gasteiger partial charge in [0.1, 0.15) is 0 Å². The summed E-state index contributed by atoms with van der Waals surface area (Å²) in [7, 11) is 0. The van der Waals surface area contributed by atoms with E-state index in [1.165, 1.54) is 32.4 Å². The number of piperazine rings is 1. The predicted octanol–water partition coefficient (Wildman–Crippen LogP) is 0.490. The fourth-order valence-corrected chi connectivity index (χ4v) is 1.61. The number of rotatable bonds is 1. The summed E-state index contributed by atoms with van der Waals surface area (Å²) in [5.74, 6) is 0. The van der Waals surface area contributed by atoms with E-state index in [-0.39, 0.29) is 0 Å². The first-order valence-electron chi connectivity index (χ1n) is 4.33. The summed E-state index contributed by atoms with van der Waals surface area (Å²) >= 11 is 0. The van der Waals surface area contributed by atoms with Crippen molar-refractivity contribution in [2.24, 2.45) is 0 Å². The molecule has 2 nitrogen and oxygen atoms in total. The van der Waals surface area contributed by atoms with Gasteiger partial charge in [-0.2, -0.15) is 0 Å². The van der Waals surface area contributed by atoms with Gasteiger partial charge in [0.15, 0.2) is 0 Å². The van der Waals surface area contributed by atoms with Crippen LogP contribution in [0.3, 0.4) is 0 Å². The van der Waals surface area contributed by atoms with Gasteiger partial charge in [-0.3, -0.25) is 0 Å². The summed E-state index contributed by atoms with van der Waals surface area (Å²) in [4.78, 5) is 0. The first-order chi connectivity index (χ1) is 4.85. The fourth-order valence-electron chi connectivity index (χ4n) is 1.61. The topological polar surface area (TPSA) is 24.1 Å². The van der Waals surface area contributed by atoms with Crippen molar-refractivity contribution >= 4 is 0 Å². The maximum absolute atomic E-state index is 3.61. The van der Waals surface area contributed by atoms with Crippen molar-refractivity contribution in [2.45, 2.75) is 37.8 Å². The second-order valence-corrected chi connectivity index (χ2v) is 3.65. The molecule has 58 valence electrons. The molecule has 1 atom stereocenters. The van der Waals surface area contributed by atoms with E-state index >= 15 is 0 Å². The molecule has 1 saturated carbocycles. The van der Waals surface area contributed by atoms with E-state index in [0.717, 1.165) is 6.04 Å².